The second-order valence-corrected chi connectivity index (χ2v) is 7.22. The van der Waals surface area contributed by atoms with Gasteiger partial charge in [-0.15, -0.1) is 10.2 Å². The molecule has 1 aliphatic rings. The molecule has 1 fully saturated rings. The van der Waals surface area contributed by atoms with Crippen LogP contribution in [-0.4, -0.2) is 31.6 Å². The molecule has 21 heavy (non-hydrogen) atoms. The highest BCUT2D eigenvalue weighted by atomic mass is 32.2. The highest BCUT2D eigenvalue weighted by Crippen LogP contribution is 2.29. The van der Waals surface area contributed by atoms with Gasteiger partial charge >= 0.3 is 5.97 Å². The van der Waals surface area contributed by atoms with Gasteiger partial charge in [0.25, 0.3) is 0 Å². The summed E-state index contributed by atoms with van der Waals surface area (Å²) in [5.41, 5.74) is 0. The first kappa shape index (κ1) is 16.3. The van der Waals surface area contributed by atoms with Crippen LogP contribution in [0.1, 0.15) is 51.8 Å². The number of aliphatic carboxylic acids is 1. The fourth-order valence-corrected chi connectivity index (χ4v) is 3.60. The lowest BCUT2D eigenvalue weighted by Gasteiger charge is -2.13. The predicted octanol–water partition coefficient (Wildman–Crippen LogP) is 3.23. The first-order chi connectivity index (χ1) is 10.1. The van der Waals surface area contributed by atoms with E-state index in [-0.39, 0.29) is 5.75 Å². The number of aryl methyl sites for hydroxylation is 1. The van der Waals surface area contributed by atoms with Gasteiger partial charge in [0, 0.05) is 13.0 Å². The molecular formula is C15H25N3O2S. The summed E-state index contributed by atoms with van der Waals surface area (Å²) in [6.07, 6.45) is 7.56. The van der Waals surface area contributed by atoms with Gasteiger partial charge in [-0.1, -0.05) is 51.3 Å². The zero-order chi connectivity index (χ0) is 15.2. The van der Waals surface area contributed by atoms with E-state index in [1.807, 2.05) is 0 Å². The summed E-state index contributed by atoms with van der Waals surface area (Å²) >= 11 is 1.27. The van der Waals surface area contributed by atoms with Gasteiger partial charge in [0.15, 0.2) is 5.16 Å². The number of carboxylic acids is 1. The zero-order valence-corrected chi connectivity index (χ0v) is 13.7. The zero-order valence-electron chi connectivity index (χ0n) is 12.9. The average molecular weight is 311 g/mol. The summed E-state index contributed by atoms with van der Waals surface area (Å²) in [7, 11) is 0. The van der Waals surface area contributed by atoms with Crippen molar-refractivity contribution in [3.05, 3.63) is 5.82 Å². The van der Waals surface area contributed by atoms with E-state index in [9.17, 15) is 4.79 Å². The van der Waals surface area contributed by atoms with Crippen molar-refractivity contribution in [2.75, 3.05) is 5.75 Å². The maximum Gasteiger partial charge on any atom is 0.313 e. The SMILES string of the molecule is CC(C)Cn1c(CCC2CCCC2)nnc1SCC(=O)O. The lowest BCUT2D eigenvalue weighted by molar-refractivity contribution is -0.133. The second kappa shape index (κ2) is 7.82. The minimum atomic E-state index is -0.813. The molecule has 0 aliphatic heterocycles. The molecule has 5 nitrogen and oxygen atoms in total. The Hall–Kier alpha value is -1.04. The van der Waals surface area contributed by atoms with Crippen molar-refractivity contribution < 1.29 is 9.90 Å². The summed E-state index contributed by atoms with van der Waals surface area (Å²) in [5, 5.41) is 18.1. The van der Waals surface area contributed by atoms with Gasteiger partial charge in [-0.25, -0.2) is 0 Å². The molecule has 0 amide bonds. The third kappa shape index (κ3) is 5.02. The van der Waals surface area contributed by atoms with E-state index in [1.54, 1.807) is 0 Å². The van der Waals surface area contributed by atoms with E-state index < -0.39 is 5.97 Å². The summed E-state index contributed by atoms with van der Waals surface area (Å²) in [5.74, 6) is 1.58. The molecule has 1 aromatic rings. The molecule has 2 rings (SSSR count). The number of hydrogen-bond acceptors (Lipinski definition) is 4. The smallest absolute Gasteiger partial charge is 0.313 e. The lowest BCUT2D eigenvalue weighted by Crippen LogP contribution is -2.12. The minimum absolute atomic E-state index is 0.0405. The Kier molecular flexibility index (Phi) is 6.08. The second-order valence-electron chi connectivity index (χ2n) is 6.27. The molecule has 0 unspecified atom stereocenters. The van der Waals surface area contributed by atoms with Crippen LogP contribution in [0.15, 0.2) is 5.16 Å². The Labute approximate surface area is 130 Å². The molecular weight excluding hydrogens is 286 g/mol. The topological polar surface area (TPSA) is 68.0 Å². The number of aromatic nitrogens is 3. The monoisotopic (exact) mass is 311 g/mol. The highest BCUT2D eigenvalue weighted by molar-refractivity contribution is 7.99. The van der Waals surface area contributed by atoms with Crippen LogP contribution < -0.4 is 0 Å². The summed E-state index contributed by atoms with van der Waals surface area (Å²) < 4.78 is 2.12. The van der Waals surface area contributed by atoms with Crippen LogP contribution in [0.4, 0.5) is 0 Å². The van der Waals surface area contributed by atoms with Crippen LogP contribution >= 0.6 is 11.8 Å². The van der Waals surface area contributed by atoms with E-state index in [2.05, 4.69) is 28.6 Å². The Bertz CT molecular complexity index is 467. The molecule has 0 saturated heterocycles. The van der Waals surface area contributed by atoms with Crippen molar-refractivity contribution in [3.63, 3.8) is 0 Å². The van der Waals surface area contributed by atoms with Crippen molar-refractivity contribution in [2.24, 2.45) is 11.8 Å². The van der Waals surface area contributed by atoms with Crippen molar-refractivity contribution in [3.8, 4) is 0 Å². The minimum Gasteiger partial charge on any atom is -0.481 e. The largest absolute Gasteiger partial charge is 0.481 e. The summed E-state index contributed by atoms with van der Waals surface area (Å²) in [4.78, 5) is 10.7. The van der Waals surface area contributed by atoms with Gasteiger partial charge in [-0.05, 0) is 18.3 Å². The van der Waals surface area contributed by atoms with E-state index in [1.165, 1.54) is 43.9 Å². The fraction of sp³-hybridized carbons (Fsp3) is 0.800. The first-order valence-corrected chi connectivity index (χ1v) is 8.81. The molecule has 1 aliphatic carbocycles. The molecule has 1 heterocycles. The molecule has 1 saturated carbocycles. The lowest BCUT2D eigenvalue weighted by atomic mass is 10.0. The molecule has 0 radical (unpaired) electrons. The van der Waals surface area contributed by atoms with Crippen molar-refractivity contribution in [1.29, 1.82) is 0 Å². The van der Waals surface area contributed by atoms with Gasteiger partial charge in [0.2, 0.25) is 0 Å². The van der Waals surface area contributed by atoms with Crippen molar-refractivity contribution in [2.45, 2.75) is 64.1 Å². The summed E-state index contributed by atoms with van der Waals surface area (Å²) in [6, 6.07) is 0. The fourth-order valence-electron chi connectivity index (χ4n) is 2.92. The Morgan fingerprint density at radius 1 is 1.38 bits per heavy atom. The molecule has 0 bridgehead atoms. The number of rotatable bonds is 8. The molecule has 0 aromatic carbocycles. The Balaban J connectivity index is 2.01. The van der Waals surface area contributed by atoms with E-state index in [0.717, 1.165) is 29.9 Å². The summed E-state index contributed by atoms with van der Waals surface area (Å²) in [6.45, 7) is 5.17. The van der Waals surface area contributed by atoms with E-state index in [4.69, 9.17) is 5.11 Å². The van der Waals surface area contributed by atoms with Crippen LogP contribution in [0.3, 0.4) is 0 Å². The molecule has 0 spiro atoms. The van der Waals surface area contributed by atoms with Crippen molar-refractivity contribution >= 4 is 17.7 Å². The van der Waals surface area contributed by atoms with Gasteiger partial charge in [0.1, 0.15) is 5.82 Å². The third-order valence-electron chi connectivity index (χ3n) is 3.92. The normalized spacial score (nSPS) is 16.0. The molecule has 1 aromatic heterocycles. The molecule has 6 heteroatoms. The van der Waals surface area contributed by atoms with Crippen LogP contribution in [0.5, 0.6) is 0 Å². The number of thioether (sulfide) groups is 1. The number of carboxylic acid groups (broad SMARTS) is 1. The van der Waals surface area contributed by atoms with Gasteiger partial charge in [-0.3, -0.25) is 4.79 Å². The average Bonchev–Trinajstić information content (AvgIpc) is 3.03. The quantitative estimate of drug-likeness (QED) is 0.747. The van der Waals surface area contributed by atoms with Crippen LogP contribution in [0.25, 0.3) is 0 Å². The number of nitrogens with zero attached hydrogens (tertiary/aromatic N) is 3. The Morgan fingerprint density at radius 3 is 2.71 bits per heavy atom. The van der Waals surface area contributed by atoms with Crippen LogP contribution in [0.2, 0.25) is 0 Å². The molecule has 118 valence electrons. The molecule has 1 N–H and O–H groups in total. The number of carbonyl (C=O) groups is 1. The van der Waals surface area contributed by atoms with Crippen LogP contribution in [0, 0.1) is 11.8 Å². The highest BCUT2D eigenvalue weighted by Gasteiger charge is 2.19. The predicted molar refractivity (Wildman–Crippen MR) is 83.5 cm³/mol. The van der Waals surface area contributed by atoms with Gasteiger partial charge < -0.3 is 9.67 Å². The van der Waals surface area contributed by atoms with Crippen LogP contribution in [-0.2, 0) is 17.8 Å². The van der Waals surface area contributed by atoms with E-state index >= 15 is 0 Å². The van der Waals surface area contributed by atoms with Crippen molar-refractivity contribution in [1.82, 2.24) is 14.8 Å². The van der Waals surface area contributed by atoms with Gasteiger partial charge in [0.05, 0.1) is 5.75 Å². The third-order valence-corrected chi connectivity index (χ3v) is 4.87. The first-order valence-electron chi connectivity index (χ1n) is 7.83. The number of hydrogen-bond donors (Lipinski definition) is 1. The Morgan fingerprint density at radius 2 is 2.10 bits per heavy atom. The van der Waals surface area contributed by atoms with Gasteiger partial charge in [-0.2, -0.15) is 0 Å². The standard InChI is InChI=1S/C15H25N3O2S/c1-11(2)9-18-13(8-7-12-5-3-4-6-12)16-17-15(18)21-10-14(19)20/h11-12H,3-10H2,1-2H3,(H,19,20). The maximum atomic E-state index is 10.7. The maximum absolute atomic E-state index is 10.7. The molecule has 0 atom stereocenters. The van der Waals surface area contributed by atoms with E-state index in [0.29, 0.717) is 5.92 Å².